The predicted molar refractivity (Wildman–Crippen MR) is 103 cm³/mol. The van der Waals surface area contributed by atoms with Crippen LogP contribution in [0, 0.1) is 0 Å². The number of fused-ring (bicyclic) bond motifs is 1. The van der Waals surface area contributed by atoms with Crippen LogP contribution in [-0.4, -0.2) is 44.2 Å². The van der Waals surface area contributed by atoms with Gasteiger partial charge in [-0.1, -0.05) is 24.3 Å². The van der Waals surface area contributed by atoms with Gasteiger partial charge in [-0.2, -0.15) is 0 Å². The molecule has 0 unspecified atom stereocenters. The van der Waals surface area contributed by atoms with Crippen molar-refractivity contribution in [2.75, 3.05) is 28.4 Å². The Morgan fingerprint density at radius 2 is 1.56 bits per heavy atom. The molecule has 0 N–H and O–H groups in total. The average molecular weight is 374 g/mol. The first-order valence-corrected chi connectivity index (χ1v) is 10.2. The van der Waals surface area contributed by atoms with Gasteiger partial charge in [-0.05, 0) is 36.5 Å². The minimum atomic E-state index is -3.10. The highest BCUT2D eigenvalue weighted by atomic mass is 32.2. The van der Waals surface area contributed by atoms with E-state index < -0.39 is 9.84 Å². The molecule has 2 fully saturated rings. The van der Waals surface area contributed by atoms with Crippen molar-refractivity contribution in [3.63, 3.8) is 0 Å². The number of para-hydroxylation sites is 1. The molecule has 5 nitrogen and oxygen atoms in total. The molecule has 7 heteroatoms. The van der Waals surface area contributed by atoms with Crippen molar-refractivity contribution < 1.29 is 13.2 Å². The van der Waals surface area contributed by atoms with Crippen molar-refractivity contribution in [1.29, 1.82) is 0 Å². The molecule has 2 aromatic carbocycles. The van der Waals surface area contributed by atoms with Gasteiger partial charge >= 0.3 is 0 Å². The second-order valence-electron chi connectivity index (χ2n) is 6.27. The number of anilines is 2. The van der Waals surface area contributed by atoms with Crippen LogP contribution in [0.3, 0.4) is 0 Å². The van der Waals surface area contributed by atoms with Crippen molar-refractivity contribution in [2.24, 2.45) is 0 Å². The molecular formula is C18H18N2O3S2. The first-order valence-electron chi connectivity index (χ1n) is 8.02. The Balaban J connectivity index is 1.80. The lowest BCUT2D eigenvalue weighted by atomic mass is 10.1. The smallest absolute Gasteiger partial charge is 0.181 e. The van der Waals surface area contributed by atoms with E-state index in [9.17, 15) is 8.42 Å². The Bertz CT molecular complexity index is 915. The Hall–Kier alpha value is -2.12. The van der Waals surface area contributed by atoms with Crippen LogP contribution in [0.15, 0.2) is 54.6 Å². The number of ether oxygens (including phenoxy) is 1. The third-order valence-corrected chi connectivity index (χ3v) is 6.83. The van der Waals surface area contributed by atoms with Gasteiger partial charge in [0.05, 0.1) is 30.7 Å². The summed E-state index contributed by atoms with van der Waals surface area (Å²) < 4.78 is 29.9. The molecule has 2 heterocycles. The second kappa shape index (κ2) is 6.00. The fourth-order valence-electron chi connectivity index (χ4n) is 3.66. The Kier molecular flexibility index (Phi) is 3.92. The van der Waals surface area contributed by atoms with Gasteiger partial charge in [-0.15, -0.1) is 0 Å². The number of methoxy groups -OCH3 is 1. The van der Waals surface area contributed by atoms with Crippen LogP contribution >= 0.6 is 12.2 Å². The van der Waals surface area contributed by atoms with Crippen LogP contribution in [0.2, 0.25) is 0 Å². The molecule has 2 saturated heterocycles. The van der Waals surface area contributed by atoms with Gasteiger partial charge in [0.15, 0.2) is 14.9 Å². The molecule has 2 aliphatic heterocycles. The number of thiocarbonyl (C=S) groups is 1. The van der Waals surface area contributed by atoms with Crippen molar-refractivity contribution in [3.8, 4) is 5.75 Å². The highest BCUT2D eigenvalue weighted by Crippen LogP contribution is 2.38. The van der Waals surface area contributed by atoms with Crippen LogP contribution in [0.4, 0.5) is 11.4 Å². The molecule has 2 aromatic rings. The summed E-state index contributed by atoms with van der Waals surface area (Å²) in [6, 6.07) is 16.9. The molecule has 0 amide bonds. The van der Waals surface area contributed by atoms with E-state index in [2.05, 4.69) is 0 Å². The standard InChI is InChI=1S/C18H18N2O3S2/c1-23-15-9-5-8-14(10-15)20-17-12-25(21,22)11-16(17)19(18(20)24)13-6-3-2-4-7-13/h2-10,16-17H,11-12H2,1H3/t16-,17+/m0/s1. The third kappa shape index (κ3) is 2.77. The van der Waals surface area contributed by atoms with E-state index in [0.717, 1.165) is 17.1 Å². The summed E-state index contributed by atoms with van der Waals surface area (Å²) >= 11 is 5.75. The third-order valence-electron chi connectivity index (χ3n) is 4.73. The summed E-state index contributed by atoms with van der Waals surface area (Å²) in [5.41, 5.74) is 1.78. The Morgan fingerprint density at radius 3 is 2.20 bits per heavy atom. The van der Waals surface area contributed by atoms with Crippen molar-refractivity contribution in [2.45, 2.75) is 12.1 Å². The van der Waals surface area contributed by atoms with E-state index in [1.807, 2.05) is 64.4 Å². The first kappa shape index (κ1) is 16.4. The Labute approximate surface area is 152 Å². The van der Waals surface area contributed by atoms with Gasteiger partial charge in [0.25, 0.3) is 0 Å². The average Bonchev–Trinajstić information content (AvgIpc) is 3.04. The Morgan fingerprint density at radius 1 is 0.960 bits per heavy atom. The predicted octanol–water partition coefficient (Wildman–Crippen LogP) is 2.47. The summed E-state index contributed by atoms with van der Waals surface area (Å²) in [5, 5.41) is 0.629. The maximum atomic E-state index is 12.3. The number of sulfone groups is 1. The maximum Gasteiger partial charge on any atom is 0.181 e. The number of hydrogen-bond donors (Lipinski definition) is 0. The molecular weight excluding hydrogens is 356 g/mol. The van der Waals surface area contributed by atoms with E-state index in [-0.39, 0.29) is 23.6 Å². The summed E-state index contributed by atoms with van der Waals surface area (Å²) in [5.74, 6) is 0.946. The quantitative estimate of drug-likeness (QED) is 0.770. The fraction of sp³-hybridized carbons (Fsp3) is 0.278. The summed E-state index contributed by atoms with van der Waals surface area (Å²) in [4.78, 5) is 3.93. The van der Waals surface area contributed by atoms with Crippen molar-refractivity contribution in [3.05, 3.63) is 54.6 Å². The first-order chi connectivity index (χ1) is 12.0. The number of nitrogens with zero attached hydrogens (tertiary/aromatic N) is 2. The molecule has 0 radical (unpaired) electrons. The molecule has 0 bridgehead atoms. The molecule has 2 atom stereocenters. The second-order valence-corrected chi connectivity index (χ2v) is 8.79. The summed E-state index contributed by atoms with van der Waals surface area (Å²) in [6.07, 6.45) is 0. The van der Waals surface area contributed by atoms with Crippen LogP contribution < -0.4 is 14.5 Å². The highest BCUT2D eigenvalue weighted by molar-refractivity contribution is 7.91. The van der Waals surface area contributed by atoms with Gasteiger partial charge in [0.1, 0.15) is 5.75 Å². The van der Waals surface area contributed by atoms with Crippen LogP contribution in [0.5, 0.6) is 5.75 Å². The van der Waals surface area contributed by atoms with Gasteiger partial charge in [-0.25, -0.2) is 8.42 Å². The van der Waals surface area contributed by atoms with E-state index in [4.69, 9.17) is 17.0 Å². The molecule has 0 spiro atoms. The lowest BCUT2D eigenvalue weighted by Gasteiger charge is -2.26. The van der Waals surface area contributed by atoms with E-state index in [1.165, 1.54) is 0 Å². The largest absolute Gasteiger partial charge is 0.497 e. The van der Waals surface area contributed by atoms with Gasteiger partial charge < -0.3 is 14.5 Å². The number of hydrogen-bond acceptors (Lipinski definition) is 4. The maximum absolute atomic E-state index is 12.3. The molecule has 0 aromatic heterocycles. The van der Waals surface area contributed by atoms with Gasteiger partial charge in [-0.3, -0.25) is 0 Å². The lowest BCUT2D eigenvalue weighted by molar-refractivity contribution is 0.415. The normalized spacial score (nSPS) is 24.4. The topological polar surface area (TPSA) is 49.9 Å². The summed E-state index contributed by atoms with van der Waals surface area (Å²) in [6.45, 7) is 0. The zero-order chi connectivity index (χ0) is 17.6. The zero-order valence-corrected chi connectivity index (χ0v) is 15.3. The fourth-order valence-corrected chi connectivity index (χ4v) is 6.06. The lowest BCUT2D eigenvalue weighted by Crippen LogP contribution is -2.37. The van der Waals surface area contributed by atoms with Crippen molar-refractivity contribution >= 4 is 38.5 Å². The monoisotopic (exact) mass is 374 g/mol. The van der Waals surface area contributed by atoms with Gasteiger partial charge in [0, 0.05) is 17.4 Å². The van der Waals surface area contributed by atoms with Crippen LogP contribution in [0.25, 0.3) is 0 Å². The highest BCUT2D eigenvalue weighted by Gasteiger charge is 2.52. The van der Waals surface area contributed by atoms with Gasteiger partial charge in [0.2, 0.25) is 0 Å². The van der Waals surface area contributed by atoms with E-state index >= 15 is 0 Å². The SMILES string of the molecule is COc1cccc(N2C(=S)N(c3ccccc3)[C@H]3CS(=O)(=O)C[C@H]32)c1. The number of rotatable bonds is 3. The number of benzene rings is 2. The van der Waals surface area contributed by atoms with E-state index in [1.54, 1.807) is 7.11 Å². The van der Waals surface area contributed by atoms with Crippen LogP contribution in [0.1, 0.15) is 0 Å². The molecule has 4 rings (SSSR count). The molecule has 0 saturated carbocycles. The minimum absolute atomic E-state index is 0.109. The minimum Gasteiger partial charge on any atom is -0.497 e. The zero-order valence-electron chi connectivity index (χ0n) is 13.7. The van der Waals surface area contributed by atoms with Crippen molar-refractivity contribution in [1.82, 2.24) is 0 Å². The molecule has 0 aliphatic carbocycles. The summed E-state index contributed by atoms with van der Waals surface area (Å²) in [7, 11) is -1.49. The van der Waals surface area contributed by atoms with E-state index in [0.29, 0.717) is 5.11 Å². The van der Waals surface area contributed by atoms with Crippen LogP contribution in [-0.2, 0) is 9.84 Å². The molecule has 25 heavy (non-hydrogen) atoms. The molecule has 2 aliphatic rings. The molecule has 130 valence electrons.